The number of benzene rings is 1. The molecule has 0 amide bonds. The molecule has 0 nitrogen and oxygen atoms in total. The van der Waals surface area contributed by atoms with Gasteiger partial charge >= 0.3 is 0 Å². The molecule has 0 aliphatic rings. The van der Waals surface area contributed by atoms with Crippen molar-refractivity contribution in [1.29, 1.82) is 0 Å². The van der Waals surface area contributed by atoms with E-state index in [4.69, 9.17) is 0 Å². The first-order valence-corrected chi connectivity index (χ1v) is 5.07. The van der Waals surface area contributed by atoms with Gasteiger partial charge < -0.3 is 0 Å². The average Bonchev–Trinajstić information content (AvgIpc) is 1.95. The highest BCUT2D eigenvalue weighted by atomic mass is 127. The van der Waals surface area contributed by atoms with Gasteiger partial charge in [-0.3, -0.25) is 0 Å². The molecule has 0 saturated carbocycles. The fourth-order valence-corrected chi connectivity index (χ4v) is 1.62. The summed E-state index contributed by atoms with van der Waals surface area (Å²) in [4.78, 5) is 0. The van der Waals surface area contributed by atoms with Crippen molar-refractivity contribution < 1.29 is 4.39 Å². The number of hydrogen-bond acceptors (Lipinski definition) is 0. The van der Waals surface area contributed by atoms with Crippen LogP contribution in [0.4, 0.5) is 4.39 Å². The van der Waals surface area contributed by atoms with Crippen LogP contribution in [0.5, 0.6) is 0 Å². The number of alkyl halides is 1. The molecule has 1 rings (SSSR count). The van der Waals surface area contributed by atoms with Crippen molar-refractivity contribution in [2.75, 3.05) is 4.43 Å². The van der Waals surface area contributed by atoms with E-state index in [1.54, 1.807) is 6.07 Å². The molecule has 0 fully saturated rings. The Balaban J connectivity index is 2.90. The smallest absolute Gasteiger partial charge is 0.123 e. The summed E-state index contributed by atoms with van der Waals surface area (Å²) in [5, 5.41) is 0. The van der Waals surface area contributed by atoms with Crippen LogP contribution in [0.25, 0.3) is 0 Å². The monoisotopic (exact) mass is 264 g/mol. The van der Waals surface area contributed by atoms with E-state index in [2.05, 4.69) is 22.6 Å². The van der Waals surface area contributed by atoms with E-state index < -0.39 is 0 Å². The molecule has 1 aromatic carbocycles. The van der Waals surface area contributed by atoms with Gasteiger partial charge in [-0.05, 0) is 36.6 Å². The zero-order valence-electron chi connectivity index (χ0n) is 6.40. The highest BCUT2D eigenvalue weighted by Gasteiger charge is 1.97. The summed E-state index contributed by atoms with van der Waals surface area (Å²) in [5.41, 5.74) is 2.31. The number of aryl methyl sites for hydroxylation is 2. The van der Waals surface area contributed by atoms with Gasteiger partial charge in [0.2, 0.25) is 0 Å². The Morgan fingerprint density at radius 1 is 1.45 bits per heavy atom. The van der Waals surface area contributed by atoms with E-state index in [1.807, 2.05) is 13.0 Å². The second-order valence-corrected chi connectivity index (χ2v) is 3.59. The van der Waals surface area contributed by atoms with Crippen LogP contribution in [0.15, 0.2) is 18.2 Å². The van der Waals surface area contributed by atoms with E-state index in [0.717, 1.165) is 16.4 Å². The van der Waals surface area contributed by atoms with E-state index in [9.17, 15) is 4.39 Å². The molecule has 0 aromatic heterocycles. The van der Waals surface area contributed by atoms with E-state index >= 15 is 0 Å². The van der Waals surface area contributed by atoms with Crippen molar-refractivity contribution in [1.82, 2.24) is 0 Å². The maximum Gasteiger partial charge on any atom is 0.123 e. The van der Waals surface area contributed by atoms with Gasteiger partial charge in [0.25, 0.3) is 0 Å². The SMILES string of the molecule is Cc1cc(F)ccc1CCI. The molecule has 0 aliphatic heterocycles. The second kappa shape index (κ2) is 4.04. The Morgan fingerprint density at radius 2 is 2.18 bits per heavy atom. The van der Waals surface area contributed by atoms with Crippen molar-refractivity contribution >= 4 is 22.6 Å². The van der Waals surface area contributed by atoms with Gasteiger partial charge in [-0.2, -0.15) is 0 Å². The maximum absolute atomic E-state index is 12.6. The summed E-state index contributed by atoms with van der Waals surface area (Å²) in [6.45, 7) is 1.95. The van der Waals surface area contributed by atoms with Crippen LogP contribution in [0.1, 0.15) is 11.1 Å². The summed E-state index contributed by atoms with van der Waals surface area (Å²) in [6, 6.07) is 4.97. The van der Waals surface area contributed by atoms with Gasteiger partial charge in [0.05, 0.1) is 0 Å². The van der Waals surface area contributed by atoms with Crippen LogP contribution in [-0.2, 0) is 6.42 Å². The standard InChI is InChI=1S/C9H10FI/c1-7-6-9(10)3-2-8(7)4-5-11/h2-3,6H,4-5H2,1H3. The van der Waals surface area contributed by atoms with Crippen LogP contribution < -0.4 is 0 Å². The predicted octanol–water partition coefficient (Wildman–Crippen LogP) is 3.11. The lowest BCUT2D eigenvalue weighted by atomic mass is 10.1. The van der Waals surface area contributed by atoms with Gasteiger partial charge in [-0.25, -0.2) is 4.39 Å². The van der Waals surface area contributed by atoms with Gasteiger partial charge in [-0.15, -0.1) is 0 Å². The van der Waals surface area contributed by atoms with Crippen molar-refractivity contribution in [2.24, 2.45) is 0 Å². The molecule has 0 bridgehead atoms. The Hall–Kier alpha value is -0.120. The zero-order chi connectivity index (χ0) is 8.27. The third kappa shape index (κ3) is 2.43. The van der Waals surface area contributed by atoms with Crippen molar-refractivity contribution in [2.45, 2.75) is 13.3 Å². The van der Waals surface area contributed by atoms with Crippen LogP contribution in [0, 0.1) is 12.7 Å². The minimum atomic E-state index is -0.139. The Bertz CT molecular complexity index is 245. The molecule has 0 unspecified atom stereocenters. The minimum absolute atomic E-state index is 0.139. The lowest BCUT2D eigenvalue weighted by molar-refractivity contribution is 0.625. The Kier molecular flexibility index (Phi) is 3.30. The summed E-state index contributed by atoms with van der Waals surface area (Å²) in [5.74, 6) is -0.139. The predicted molar refractivity (Wildman–Crippen MR) is 53.7 cm³/mol. The largest absolute Gasteiger partial charge is 0.207 e. The van der Waals surface area contributed by atoms with Crippen molar-refractivity contribution in [3.63, 3.8) is 0 Å². The van der Waals surface area contributed by atoms with Gasteiger partial charge in [0.15, 0.2) is 0 Å². The molecule has 0 aliphatic carbocycles. The number of hydrogen-bond donors (Lipinski definition) is 0. The molecule has 0 saturated heterocycles. The molecule has 2 heteroatoms. The van der Waals surface area contributed by atoms with Crippen LogP contribution in [-0.4, -0.2) is 4.43 Å². The van der Waals surface area contributed by atoms with Crippen LogP contribution in [0.2, 0.25) is 0 Å². The first-order valence-electron chi connectivity index (χ1n) is 3.55. The van der Waals surface area contributed by atoms with Gasteiger partial charge in [-0.1, -0.05) is 28.7 Å². The summed E-state index contributed by atoms with van der Waals surface area (Å²) < 4.78 is 13.7. The van der Waals surface area contributed by atoms with Crippen molar-refractivity contribution in [3.8, 4) is 0 Å². The molecule has 0 radical (unpaired) electrons. The fraction of sp³-hybridized carbons (Fsp3) is 0.333. The summed E-state index contributed by atoms with van der Waals surface area (Å²) >= 11 is 2.32. The molecule has 0 atom stereocenters. The Morgan fingerprint density at radius 3 is 2.73 bits per heavy atom. The Labute approximate surface area is 80.0 Å². The molecule has 0 N–H and O–H groups in total. The van der Waals surface area contributed by atoms with Crippen LogP contribution >= 0.6 is 22.6 Å². The molecule has 0 spiro atoms. The normalized spacial score (nSPS) is 10.1. The number of rotatable bonds is 2. The maximum atomic E-state index is 12.6. The summed E-state index contributed by atoms with van der Waals surface area (Å²) in [7, 11) is 0. The third-order valence-corrected chi connectivity index (χ3v) is 2.21. The highest BCUT2D eigenvalue weighted by Crippen LogP contribution is 2.11. The first-order chi connectivity index (χ1) is 5.24. The minimum Gasteiger partial charge on any atom is -0.207 e. The molecule has 0 heterocycles. The molecular weight excluding hydrogens is 254 g/mol. The van der Waals surface area contributed by atoms with E-state index in [1.165, 1.54) is 11.6 Å². The van der Waals surface area contributed by atoms with Crippen molar-refractivity contribution in [3.05, 3.63) is 35.1 Å². The third-order valence-electron chi connectivity index (χ3n) is 1.67. The first kappa shape index (κ1) is 8.97. The zero-order valence-corrected chi connectivity index (χ0v) is 8.56. The fourth-order valence-electron chi connectivity index (χ4n) is 1.04. The molecule has 11 heavy (non-hydrogen) atoms. The molecular formula is C9H10FI. The quantitative estimate of drug-likeness (QED) is 0.568. The van der Waals surface area contributed by atoms with Gasteiger partial charge in [0.1, 0.15) is 5.82 Å². The highest BCUT2D eigenvalue weighted by molar-refractivity contribution is 14.1. The van der Waals surface area contributed by atoms with E-state index in [0.29, 0.717) is 0 Å². The van der Waals surface area contributed by atoms with E-state index in [-0.39, 0.29) is 5.82 Å². The lowest BCUT2D eigenvalue weighted by Gasteiger charge is -2.02. The van der Waals surface area contributed by atoms with Crippen LogP contribution in [0.3, 0.4) is 0 Å². The average molecular weight is 264 g/mol. The van der Waals surface area contributed by atoms with Gasteiger partial charge in [0, 0.05) is 4.43 Å². The lowest BCUT2D eigenvalue weighted by Crippen LogP contribution is -1.90. The topological polar surface area (TPSA) is 0 Å². The second-order valence-electron chi connectivity index (χ2n) is 2.51. The number of halogens is 2. The summed E-state index contributed by atoms with van der Waals surface area (Å²) in [6.07, 6.45) is 1.03. The molecule has 1 aromatic rings. The molecule has 60 valence electrons.